The number of carbonyl (C=O) groups is 1. The van der Waals surface area contributed by atoms with E-state index in [9.17, 15) is 4.79 Å². The SMILES string of the molecule is Cc1cccc(CNC(=O)c2ccc(O)cc2)n1. The van der Waals surface area contributed by atoms with Crippen molar-refractivity contribution in [3.8, 4) is 5.75 Å². The van der Waals surface area contributed by atoms with Crippen molar-refractivity contribution in [3.05, 3.63) is 59.4 Å². The molecule has 2 N–H and O–H groups in total. The van der Waals surface area contributed by atoms with Crippen LogP contribution in [0.3, 0.4) is 0 Å². The number of rotatable bonds is 3. The molecule has 4 heteroatoms. The third-order valence-electron chi connectivity index (χ3n) is 2.51. The van der Waals surface area contributed by atoms with Gasteiger partial charge in [-0.1, -0.05) is 6.07 Å². The number of amides is 1. The second-order valence-electron chi connectivity index (χ2n) is 4.00. The van der Waals surface area contributed by atoms with Gasteiger partial charge in [0.25, 0.3) is 5.91 Å². The number of nitrogens with zero attached hydrogens (tertiary/aromatic N) is 1. The van der Waals surface area contributed by atoms with Crippen molar-refractivity contribution in [1.82, 2.24) is 10.3 Å². The molecule has 1 amide bonds. The first-order valence-electron chi connectivity index (χ1n) is 5.65. The number of hydrogen-bond donors (Lipinski definition) is 2. The molecular weight excluding hydrogens is 228 g/mol. The molecule has 4 nitrogen and oxygen atoms in total. The molecule has 0 unspecified atom stereocenters. The lowest BCUT2D eigenvalue weighted by Gasteiger charge is -2.05. The van der Waals surface area contributed by atoms with E-state index in [-0.39, 0.29) is 11.7 Å². The van der Waals surface area contributed by atoms with Gasteiger partial charge in [-0.2, -0.15) is 0 Å². The molecule has 0 aliphatic heterocycles. The molecule has 18 heavy (non-hydrogen) atoms. The molecule has 0 aliphatic rings. The average molecular weight is 242 g/mol. The zero-order chi connectivity index (χ0) is 13.0. The number of aromatic nitrogens is 1. The summed E-state index contributed by atoms with van der Waals surface area (Å²) in [7, 11) is 0. The summed E-state index contributed by atoms with van der Waals surface area (Å²) in [6.07, 6.45) is 0. The van der Waals surface area contributed by atoms with E-state index in [4.69, 9.17) is 5.11 Å². The molecule has 2 rings (SSSR count). The molecule has 1 heterocycles. The number of hydrogen-bond acceptors (Lipinski definition) is 3. The summed E-state index contributed by atoms with van der Waals surface area (Å²) in [5.41, 5.74) is 2.26. The van der Waals surface area contributed by atoms with Crippen LogP contribution in [0.15, 0.2) is 42.5 Å². The van der Waals surface area contributed by atoms with Crippen LogP contribution >= 0.6 is 0 Å². The average Bonchev–Trinajstić information content (AvgIpc) is 2.37. The quantitative estimate of drug-likeness (QED) is 0.865. The van der Waals surface area contributed by atoms with Gasteiger partial charge in [0.05, 0.1) is 12.2 Å². The van der Waals surface area contributed by atoms with E-state index in [2.05, 4.69) is 10.3 Å². The molecule has 92 valence electrons. The highest BCUT2D eigenvalue weighted by atomic mass is 16.3. The maximum atomic E-state index is 11.8. The predicted molar refractivity (Wildman–Crippen MR) is 68.3 cm³/mol. The molecule has 1 aromatic carbocycles. The lowest BCUT2D eigenvalue weighted by molar-refractivity contribution is 0.0950. The van der Waals surface area contributed by atoms with Crippen LogP contribution in [0.25, 0.3) is 0 Å². The Morgan fingerprint density at radius 3 is 2.61 bits per heavy atom. The fraction of sp³-hybridized carbons (Fsp3) is 0.143. The number of nitrogens with one attached hydrogen (secondary N) is 1. The molecule has 0 fully saturated rings. The lowest BCUT2D eigenvalue weighted by Crippen LogP contribution is -2.23. The van der Waals surface area contributed by atoms with E-state index in [1.807, 2.05) is 25.1 Å². The summed E-state index contributed by atoms with van der Waals surface area (Å²) in [6, 6.07) is 11.8. The van der Waals surface area contributed by atoms with Crippen molar-refractivity contribution in [2.75, 3.05) is 0 Å². The Balaban J connectivity index is 1.98. The number of benzene rings is 1. The van der Waals surface area contributed by atoms with Crippen LogP contribution in [-0.2, 0) is 6.54 Å². The monoisotopic (exact) mass is 242 g/mol. The Morgan fingerprint density at radius 1 is 1.22 bits per heavy atom. The fourth-order valence-corrected chi connectivity index (χ4v) is 1.58. The molecular formula is C14H14N2O2. The molecule has 0 spiro atoms. The summed E-state index contributed by atoms with van der Waals surface area (Å²) in [5, 5.41) is 11.9. The van der Waals surface area contributed by atoms with Crippen molar-refractivity contribution in [1.29, 1.82) is 0 Å². The predicted octanol–water partition coefficient (Wildman–Crippen LogP) is 2.03. The Hall–Kier alpha value is -2.36. The minimum absolute atomic E-state index is 0.145. The van der Waals surface area contributed by atoms with Crippen molar-refractivity contribution >= 4 is 5.91 Å². The molecule has 0 saturated carbocycles. The number of phenolic OH excluding ortho intramolecular Hbond substituents is 1. The van der Waals surface area contributed by atoms with E-state index in [1.165, 1.54) is 12.1 Å². The minimum Gasteiger partial charge on any atom is -0.508 e. The summed E-state index contributed by atoms with van der Waals surface area (Å²) < 4.78 is 0. The number of carbonyl (C=O) groups excluding carboxylic acids is 1. The number of aryl methyl sites for hydroxylation is 1. The standard InChI is InChI=1S/C14H14N2O2/c1-10-3-2-4-12(16-10)9-15-14(18)11-5-7-13(17)8-6-11/h2-8,17H,9H2,1H3,(H,15,18). The van der Waals surface area contributed by atoms with Crippen LogP contribution in [0.4, 0.5) is 0 Å². The molecule has 0 aliphatic carbocycles. The van der Waals surface area contributed by atoms with Gasteiger partial charge in [-0.3, -0.25) is 9.78 Å². The second-order valence-corrected chi connectivity index (χ2v) is 4.00. The normalized spacial score (nSPS) is 10.1. The van der Waals surface area contributed by atoms with E-state index in [0.717, 1.165) is 11.4 Å². The summed E-state index contributed by atoms with van der Waals surface area (Å²) in [4.78, 5) is 16.1. The maximum absolute atomic E-state index is 11.8. The molecule has 0 bridgehead atoms. The van der Waals surface area contributed by atoms with Crippen LogP contribution in [0.2, 0.25) is 0 Å². The first kappa shape index (κ1) is 12.1. The largest absolute Gasteiger partial charge is 0.508 e. The van der Waals surface area contributed by atoms with Gasteiger partial charge in [-0.05, 0) is 43.3 Å². The van der Waals surface area contributed by atoms with Crippen molar-refractivity contribution < 1.29 is 9.90 Å². The smallest absolute Gasteiger partial charge is 0.251 e. The minimum atomic E-state index is -0.182. The van der Waals surface area contributed by atoms with Crippen LogP contribution < -0.4 is 5.32 Å². The molecule has 2 aromatic rings. The Bertz CT molecular complexity index is 550. The van der Waals surface area contributed by atoms with Gasteiger partial charge in [0.1, 0.15) is 5.75 Å². The van der Waals surface area contributed by atoms with Gasteiger partial charge in [-0.25, -0.2) is 0 Å². The first-order valence-corrected chi connectivity index (χ1v) is 5.65. The molecule has 1 aromatic heterocycles. The Labute approximate surface area is 105 Å². The van der Waals surface area contributed by atoms with Crippen LogP contribution in [0.5, 0.6) is 5.75 Å². The Morgan fingerprint density at radius 2 is 1.94 bits per heavy atom. The third kappa shape index (κ3) is 3.07. The van der Waals surface area contributed by atoms with E-state index < -0.39 is 0 Å². The van der Waals surface area contributed by atoms with E-state index in [0.29, 0.717) is 12.1 Å². The molecule has 0 radical (unpaired) electrons. The first-order chi connectivity index (χ1) is 8.65. The maximum Gasteiger partial charge on any atom is 0.251 e. The summed E-state index contributed by atoms with van der Waals surface area (Å²) >= 11 is 0. The van der Waals surface area contributed by atoms with Crippen molar-refractivity contribution in [3.63, 3.8) is 0 Å². The summed E-state index contributed by atoms with van der Waals surface area (Å²) in [6.45, 7) is 2.30. The van der Waals surface area contributed by atoms with Crippen molar-refractivity contribution in [2.45, 2.75) is 13.5 Å². The van der Waals surface area contributed by atoms with Gasteiger partial charge in [0, 0.05) is 11.3 Å². The van der Waals surface area contributed by atoms with Crippen LogP contribution in [0, 0.1) is 6.92 Å². The highest BCUT2D eigenvalue weighted by Crippen LogP contribution is 2.09. The van der Waals surface area contributed by atoms with Gasteiger partial charge in [-0.15, -0.1) is 0 Å². The van der Waals surface area contributed by atoms with Gasteiger partial charge in [0.15, 0.2) is 0 Å². The zero-order valence-electron chi connectivity index (χ0n) is 10.1. The highest BCUT2D eigenvalue weighted by Gasteiger charge is 2.05. The number of aromatic hydroxyl groups is 1. The third-order valence-corrected chi connectivity index (χ3v) is 2.51. The van der Waals surface area contributed by atoms with Crippen LogP contribution in [-0.4, -0.2) is 16.0 Å². The molecule has 0 saturated heterocycles. The number of pyridine rings is 1. The second kappa shape index (κ2) is 5.31. The van der Waals surface area contributed by atoms with Gasteiger partial charge < -0.3 is 10.4 Å². The highest BCUT2D eigenvalue weighted by molar-refractivity contribution is 5.94. The van der Waals surface area contributed by atoms with E-state index in [1.54, 1.807) is 12.1 Å². The fourth-order valence-electron chi connectivity index (χ4n) is 1.58. The van der Waals surface area contributed by atoms with Gasteiger partial charge >= 0.3 is 0 Å². The lowest BCUT2D eigenvalue weighted by atomic mass is 10.2. The van der Waals surface area contributed by atoms with Gasteiger partial charge in [0.2, 0.25) is 0 Å². The van der Waals surface area contributed by atoms with E-state index >= 15 is 0 Å². The number of phenols is 1. The van der Waals surface area contributed by atoms with Crippen molar-refractivity contribution in [2.24, 2.45) is 0 Å². The topological polar surface area (TPSA) is 62.2 Å². The molecule has 0 atom stereocenters. The van der Waals surface area contributed by atoms with Crippen LogP contribution in [0.1, 0.15) is 21.7 Å². The summed E-state index contributed by atoms with van der Waals surface area (Å²) in [5.74, 6) is -0.0368. The zero-order valence-corrected chi connectivity index (χ0v) is 10.1. The Kier molecular flexibility index (Phi) is 3.57.